The molecular weight excluding hydrogens is 472 g/mol. The maximum absolute atomic E-state index is 12.1. The van der Waals surface area contributed by atoms with Crippen LogP contribution < -0.4 is 15.8 Å². The van der Waals surface area contributed by atoms with Crippen LogP contribution in [0.2, 0.25) is 0 Å². The number of halogens is 4. The van der Waals surface area contributed by atoms with Crippen molar-refractivity contribution in [1.82, 2.24) is 4.98 Å². The Labute approximate surface area is 170 Å². The molecule has 0 atom stereocenters. The van der Waals surface area contributed by atoms with Gasteiger partial charge in [0.1, 0.15) is 5.75 Å². The second kappa shape index (κ2) is 8.89. The predicted octanol–water partition coefficient (Wildman–Crippen LogP) is 4.68. The Kier molecular flexibility index (Phi) is 6.83. The summed E-state index contributed by atoms with van der Waals surface area (Å²) < 4.78 is 40.2. The number of guanidine groups is 1. The van der Waals surface area contributed by atoms with Crippen LogP contribution in [0.15, 0.2) is 65.8 Å². The number of nitrogens with two attached hydrogens (primary N) is 1. The van der Waals surface area contributed by atoms with Crippen LogP contribution in [0.4, 0.5) is 18.9 Å². The Balaban J connectivity index is 0.00000261. The molecule has 0 radical (unpaired) electrons. The van der Waals surface area contributed by atoms with Gasteiger partial charge in [-0.25, -0.2) is 4.99 Å². The van der Waals surface area contributed by atoms with Crippen molar-refractivity contribution in [3.05, 3.63) is 66.5 Å². The third kappa shape index (κ3) is 5.98. The summed E-state index contributed by atoms with van der Waals surface area (Å²) in [5.74, 6) is -0.178. The number of ether oxygens (including phenoxy) is 1. The van der Waals surface area contributed by atoms with Crippen LogP contribution in [0.1, 0.15) is 5.69 Å². The van der Waals surface area contributed by atoms with E-state index in [1.165, 1.54) is 24.3 Å². The van der Waals surface area contributed by atoms with Crippen LogP contribution in [-0.2, 0) is 6.54 Å². The maximum atomic E-state index is 12.1. The molecule has 0 amide bonds. The Morgan fingerprint density at radius 2 is 1.78 bits per heavy atom. The molecule has 3 rings (SSSR count). The highest BCUT2D eigenvalue weighted by Crippen LogP contribution is 2.24. The van der Waals surface area contributed by atoms with Gasteiger partial charge < -0.3 is 15.8 Å². The fraction of sp³-hybridized carbons (Fsp3) is 0.111. The second-order valence-electron chi connectivity index (χ2n) is 5.38. The van der Waals surface area contributed by atoms with Crippen molar-refractivity contribution in [1.29, 1.82) is 0 Å². The summed E-state index contributed by atoms with van der Waals surface area (Å²) in [4.78, 5) is 8.55. The average molecular weight is 488 g/mol. The highest BCUT2D eigenvalue weighted by Gasteiger charge is 2.30. The zero-order valence-electron chi connectivity index (χ0n) is 13.9. The van der Waals surface area contributed by atoms with Gasteiger partial charge in [0.05, 0.1) is 12.2 Å². The van der Waals surface area contributed by atoms with Crippen molar-refractivity contribution in [3.63, 3.8) is 0 Å². The van der Waals surface area contributed by atoms with Gasteiger partial charge in [-0.05, 0) is 35.7 Å². The van der Waals surface area contributed by atoms with Crippen LogP contribution in [0.25, 0.3) is 10.8 Å². The van der Waals surface area contributed by atoms with E-state index in [1.54, 1.807) is 6.20 Å². The third-order valence-corrected chi connectivity index (χ3v) is 3.52. The molecule has 27 heavy (non-hydrogen) atoms. The van der Waals surface area contributed by atoms with Crippen LogP contribution in [0.5, 0.6) is 5.75 Å². The number of benzene rings is 2. The molecule has 0 saturated heterocycles. The highest BCUT2D eigenvalue weighted by atomic mass is 127. The number of nitrogens with one attached hydrogen (secondary N) is 1. The summed E-state index contributed by atoms with van der Waals surface area (Å²) in [6, 6.07) is 14.9. The van der Waals surface area contributed by atoms with Crippen molar-refractivity contribution in [3.8, 4) is 5.75 Å². The summed E-state index contributed by atoms with van der Waals surface area (Å²) in [7, 11) is 0. The van der Waals surface area contributed by atoms with Gasteiger partial charge in [0.25, 0.3) is 0 Å². The number of anilines is 1. The van der Waals surface area contributed by atoms with E-state index in [0.717, 1.165) is 16.5 Å². The minimum Gasteiger partial charge on any atom is -0.406 e. The average Bonchev–Trinajstić information content (AvgIpc) is 2.60. The molecule has 9 heteroatoms. The molecule has 0 fully saturated rings. The van der Waals surface area contributed by atoms with Gasteiger partial charge >= 0.3 is 6.36 Å². The monoisotopic (exact) mass is 488 g/mol. The molecule has 0 unspecified atom stereocenters. The lowest BCUT2D eigenvalue weighted by Gasteiger charge is -2.10. The molecule has 0 aliphatic carbocycles. The molecule has 142 valence electrons. The van der Waals surface area contributed by atoms with Gasteiger partial charge in [0.2, 0.25) is 0 Å². The van der Waals surface area contributed by atoms with E-state index >= 15 is 0 Å². The number of aliphatic imine (C=N–C) groups is 1. The van der Waals surface area contributed by atoms with E-state index in [9.17, 15) is 13.2 Å². The molecule has 1 aromatic heterocycles. The van der Waals surface area contributed by atoms with E-state index in [4.69, 9.17) is 5.73 Å². The molecule has 0 aliphatic rings. The molecule has 0 aliphatic heterocycles. The summed E-state index contributed by atoms with van der Waals surface area (Å²) in [6.07, 6.45) is -3.02. The first kappa shape index (κ1) is 20.7. The molecular formula is C18H16F3IN4O. The highest BCUT2D eigenvalue weighted by molar-refractivity contribution is 14.0. The van der Waals surface area contributed by atoms with Gasteiger partial charge in [-0.3, -0.25) is 4.98 Å². The third-order valence-electron chi connectivity index (χ3n) is 3.52. The van der Waals surface area contributed by atoms with Crippen molar-refractivity contribution in [2.24, 2.45) is 10.7 Å². The molecule has 0 bridgehead atoms. The fourth-order valence-electron chi connectivity index (χ4n) is 2.40. The predicted molar refractivity (Wildman–Crippen MR) is 109 cm³/mol. The molecule has 0 spiro atoms. The lowest BCUT2D eigenvalue weighted by atomic mass is 10.1. The Morgan fingerprint density at radius 1 is 1.07 bits per heavy atom. The van der Waals surface area contributed by atoms with E-state index in [-0.39, 0.29) is 42.2 Å². The minimum absolute atomic E-state index is 0. The molecule has 0 saturated carbocycles. The Bertz CT molecular complexity index is 925. The number of fused-ring (bicyclic) bond motifs is 1. The number of rotatable bonds is 4. The molecule has 2 aromatic carbocycles. The maximum Gasteiger partial charge on any atom is 0.573 e. The van der Waals surface area contributed by atoms with Gasteiger partial charge in [0.15, 0.2) is 5.96 Å². The largest absolute Gasteiger partial charge is 0.573 e. The summed E-state index contributed by atoms with van der Waals surface area (Å²) in [5.41, 5.74) is 7.11. The first-order valence-electron chi connectivity index (χ1n) is 7.66. The first-order valence-corrected chi connectivity index (χ1v) is 7.66. The molecule has 1 heterocycles. The zero-order valence-corrected chi connectivity index (χ0v) is 16.2. The topological polar surface area (TPSA) is 72.5 Å². The lowest BCUT2D eigenvalue weighted by Crippen LogP contribution is -2.22. The van der Waals surface area contributed by atoms with E-state index < -0.39 is 6.36 Å². The summed E-state index contributed by atoms with van der Waals surface area (Å²) in [5, 5.41) is 4.85. The number of alkyl halides is 3. The molecule has 3 N–H and O–H groups in total. The normalized spacial score (nSPS) is 11.7. The van der Waals surface area contributed by atoms with Crippen molar-refractivity contribution < 1.29 is 17.9 Å². The van der Waals surface area contributed by atoms with Gasteiger partial charge in [-0.15, -0.1) is 37.1 Å². The smallest absolute Gasteiger partial charge is 0.406 e. The van der Waals surface area contributed by atoms with Crippen molar-refractivity contribution >= 4 is 46.4 Å². The number of pyridine rings is 1. The van der Waals surface area contributed by atoms with Crippen molar-refractivity contribution in [2.45, 2.75) is 12.9 Å². The van der Waals surface area contributed by atoms with Gasteiger partial charge in [-0.1, -0.05) is 24.3 Å². The van der Waals surface area contributed by atoms with Crippen LogP contribution in [-0.4, -0.2) is 17.3 Å². The molecule has 5 nitrogen and oxygen atoms in total. The number of hydrogen-bond donors (Lipinski definition) is 2. The first-order chi connectivity index (χ1) is 12.4. The van der Waals surface area contributed by atoms with Crippen LogP contribution in [0.3, 0.4) is 0 Å². The lowest BCUT2D eigenvalue weighted by molar-refractivity contribution is -0.274. The fourth-order valence-corrected chi connectivity index (χ4v) is 2.40. The summed E-state index contributed by atoms with van der Waals surface area (Å²) >= 11 is 0. The van der Waals surface area contributed by atoms with E-state index in [2.05, 4.69) is 20.0 Å². The Hall–Kier alpha value is -2.56. The van der Waals surface area contributed by atoms with Crippen molar-refractivity contribution in [2.75, 3.05) is 5.32 Å². The number of nitrogens with zero attached hydrogens (tertiary/aromatic N) is 2. The van der Waals surface area contributed by atoms with Crippen LogP contribution >= 0.6 is 24.0 Å². The van der Waals surface area contributed by atoms with E-state index in [0.29, 0.717) is 5.69 Å². The second-order valence-corrected chi connectivity index (χ2v) is 5.38. The van der Waals surface area contributed by atoms with Gasteiger partial charge in [0, 0.05) is 17.3 Å². The summed E-state index contributed by atoms with van der Waals surface area (Å²) in [6.45, 7) is 0.273. The zero-order chi connectivity index (χ0) is 18.6. The Morgan fingerprint density at radius 3 is 2.48 bits per heavy atom. The number of hydrogen-bond acceptors (Lipinski definition) is 3. The SMILES string of the molecule is I.NC(=NCc1nccc2ccccc12)Nc1ccc(OC(F)(F)F)cc1. The minimum atomic E-state index is -4.72. The number of aromatic nitrogens is 1. The van der Waals surface area contributed by atoms with Crippen LogP contribution in [0, 0.1) is 0 Å². The standard InChI is InChI=1S/C18H15F3N4O.HI/c19-18(20,21)26-14-7-5-13(6-8-14)25-17(22)24-11-16-15-4-2-1-3-12(15)9-10-23-16;/h1-10H,11H2,(H3,22,24,25);1H. The van der Waals surface area contributed by atoms with Gasteiger partial charge in [-0.2, -0.15) is 0 Å². The molecule has 3 aromatic rings. The quantitative estimate of drug-likeness (QED) is 0.318. The van der Waals surface area contributed by atoms with E-state index in [1.807, 2.05) is 30.3 Å².